The molecule has 4 nitrogen and oxygen atoms in total. The van der Waals surface area contributed by atoms with Crippen molar-refractivity contribution >= 4 is 0 Å². The van der Waals surface area contributed by atoms with Gasteiger partial charge in [0.15, 0.2) is 5.89 Å². The zero-order chi connectivity index (χ0) is 10.7. The van der Waals surface area contributed by atoms with Gasteiger partial charge in [0.2, 0.25) is 0 Å². The summed E-state index contributed by atoms with van der Waals surface area (Å²) >= 11 is 0. The third-order valence-electron chi connectivity index (χ3n) is 2.58. The summed E-state index contributed by atoms with van der Waals surface area (Å²) in [6.45, 7) is 4.27. The fourth-order valence-corrected chi connectivity index (χ4v) is 1.58. The molecule has 0 bridgehead atoms. The lowest BCUT2D eigenvalue weighted by Crippen LogP contribution is -1.95. The molecule has 4 heteroatoms. The molecule has 2 aromatic rings. The van der Waals surface area contributed by atoms with Crippen LogP contribution in [0.25, 0.3) is 11.3 Å². The lowest BCUT2D eigenvalue weighted by Gasteiger charge is -2.05. The molecule has 0 radical (unpaired) electrons. The monoisotopic (exact) mass is 206 g/mol. The van der Waals surface area contributed by atoms with Crippen LogP contribution in [-0.2, 0) is 0 Å². The van der Waals surface area contributed by atoms with Crippen molar-refractivity contribution in [2.75, 3.05) is 0 Å². The van der Waals surface area contributed by atoms with Crippen molar-refractivity contribution in [3.8, 4) is 11.3 Å². The van der Waals surface area contributed by atoms with Crippen LogP contribution in [0.5, 0.6) is 0 Å². The van der Waals surface area contributed by atoms with Gasteiger partial charge < -0.3 is 8.94 Å². The zero-order valence-corrected chi connectivity index (χ0v) is 8.93. The quantitative estimate of drug-likeness (QED) is 0.770. The maximum Gasteiger partial charge on any atom is 0.197 e. The Labute approximate surface area is 88.3 Å². The summed E-state index contributed by atoms with van der Waals surface area (Å²) in [5.74, 6) is 1.20. The van der Waals surface area contributed by atoms with Crippen LogP contribution in [0, 0.1) is 0 Å². The maximum atomic E-state index is 5.45. The molecule has 0 unspecified atom stereocenters. The molecular formula is C11H14N2O2. The van der Waals surface area contributed by atoms with E-state index >= 15 is 0 Å². The third-order valence-corrected chi connectivity index (χ3v) is 2.58. The van der Waals surface area contributed by atoms with Crippen molar-refractivity contribution in [2.24, 2.45) is 0 Å². The highest BCUT2D eigenvalue weighted by Crippen LogP contribution is 2.25. The smallest absolute Gasteiger partial charge is 0.197 e. The minimum Gasteiger partial charge on any atom is -0.448 e. The second-order valence-electron chi connectivity index (χ2n) is 3.50. The molecule has 0 aliphatic rings. The fraction of sp³-hybridized carbons (Fsp3) is 0.455. The molecule has 0 saturated heterocycles. The van der Waals surface area contributed by atoms with Crippen LogP contribution < -0.4 is 0 Å². The van der Waals surface area contributed by atoms with Crippen molar-refractivity contribution in [1.29, 1.82) is 0 Å². The molecule has 2 aromatic heterocycles. The van der Waals surface area contributed by atoms with E-state index in [1.165, 1.54) is 0 Å². The number of nitrogens with zero attached hydrogens (tertiary/aromatic N) is 2. The molecule has 0 N–H and O–H groups in total. The highest BCUT2D eigenvalue weighted by molar-refractivity contribution is 5.54. The summed E-state index contributed by atoms with van der Waals surface area (Å²) in [5, 5.41) is 3.64. The van der Waals surface area contributed by atoms with Gasteiger partial charge in [-0.15, -0.1) is 0 Å². The average Bonchev–Trinajstić information content (AvgIpc) is 2.89. The van der Waals surface area contributed by atoms with Crippen molar-refractivity contribution in [3.05, 3.63) is 24.6 Å². The topological polar surface area (TPSA) is 52.1 Å². The predicted octanol–water partition coefficient (Wildman–Crippen LogP) is 3.23. The second kappa shape index (κ2) is 4.29. The summed E-state index contributed by atoms with van der Waals surface area (Å²) in [4.78, 5) is 4.43. The van der Waals surface area contributed by atoms with Crippen LogP contribution in [0.1, 0.15) is 38.5 Å². The van der Waals surface area contributed by atoms with Gasteiger partial charge in [0.05, 0.1) is 11.8 Å². The van der Waals surface area contributed by atoms with Gasteiger partial charge in [0.25, 0.3) is 0 Å². The molecule has 0 fully saturated rings. The SMILES string of the molecule is CCC(CC)c1nc(-c2cnoc2)co1. The Balaban J connectivity index is 2.24. The van der Waals surface area contributed by atoms with E-state index in [0.717, 1.165) is 30.0 Å². The number of oxazole rings is 1. The Kier molecular flexibility index (Phi) is 2.85. The normalized spacial score (nSPS) is 11.1. The van der Waals surface area contributed by atoms with Gasteiger partial charge in [-0.05, 0) is 12.8 Å². The van der Waals surface area contributed by atoms with E-state index in [1.807, 2.05) is 0 Å². The maximum absolute atomic E-state index is 5.45. The van der Waals surface area contributed by atoms with E-state index in [1.54, 1.807) is 18.7 Å². The van der Waals surface area contributed by atoms with E-state index in [2.05, 4.69) is 24.0 Å². The van der Waals surface area contributed by atoms with Gasteiger partial charge in [-0.2, -0.15) is 0 Å². The fourth-order valence-electron chi connectivity index (χ4n) is 1.58. The van der Waals surface area contributed by atoms with Crippen LogP contribution in [0.2, 0.25) is 0 Å². The minimum atomic E-state index is 0.401. The molecular weight excluding hydrogens is 192 g/mol. The molecule has 0 atom stereocenters. The van der Waals surface area contributed by atoms with Gasteiger partial charge in [-0.25, -0.2) is 4.98 Å². The molecule has 80 valence electrons. The number of aromatic nitrogens is 2. The molecule has 15 heavy (non-hydrogen) atoms. The summed E-state index contributed by atoms with van der Waals surface area (Å²) < 4.78 is 10.2. The van der Waals surface area contributed by atoms with E-state index in [9.17, 15) is 0 Å². The third kappa shape index (κ3) is 1.93. The number of rotatable bonds is 4. The number of hydrogen-bond acceptors (Lipinski definition) is 4. The Morgan fingerprint density at radius 3 is 2.67 bits per heavy atom. The molecule has 0 saturated carbocycles. The first kappa shape index (κ1) is 9.96. The largest absolute Gasteiger partial charge is 0.448 e. The number of hydrogen-bond donors (Lipinski definition) is 0. The van der Waals surface area contributed by atoms with Crippen molar-refractivity contribution in [1.82, 2.24) is 10.1 Å². The Morgan fingerprint density at radius 2 is 2.07 bits per heavy atom. The summed E-state index contributed by atoms with van der Waals surface area (Å²) in [6.07, 6.45) is 6.93. The van der Waals surface area contributed by atoms with Crippen molar-refractivity contribution in [2.45, 2.75) is 32.6 Å². The molecule has 2 heterocycles. The highest BCUT2D eigenvalue weighted by atomic mass is 16.5. The van der Waals surface area contributed by atoms with Crippen LogP contribution in [0.3, 0.4) is 0 Å². The lowest BCUT2D eigenvalue weighted by molar-refractivity contribution is 0.420. The van der Waals surface area contributed by atoms with Crippen LogP contribution in [-0.4, -0.2) is 10.1 Å². The molecule has 2 rings (SSSR count). The van der Waals surface area contributed by atoms with Gasteiger partial charge in [-0.1, -0.05) is 19.0 Å². The first-order valence-corrected chi connectivity index (χ1v) is 5.20. The summed E-state index contributed by atoms with van der Waals surface area (Å²) in [6, 6.07) is 0. The van der Waals surface area contributed by atoms with E-state index < -0.39 is 0 Å². The van der Waals surface area contributed by atoms with E-state index in [-0.39, 0.29) is 0 Å². The Morgan fingerprint density at radius 1 is 1.27 bits per heavy atom. The van der Waals surface area contributed by atoms with Crippen LogP contribution in [0.4, 0.5) is 0 Å². The van der Waals surface area contributed by atoms with Crippen LogP contribution >= 0.6 is 0 Å². The summed E-state index contributed by atoms with van der Waals surface area (Å²) in [7, 11) is 0. The van der Waals surface area contributed by atoms with E-state index in [4.69, 9.17) is 8.94 Å². The van der Waals surface area contributed by atoms with E-state index in [0.29, 0.717) is 5.92 Å². The predicted molar refractivity (Wildman–Crippen MR) is 55.3 cm³/mol. The van der Waals surface area contributed by atoms with Crippen molar-refractivity contribution in [3.63, 3.8) is 0 Å². The molecule has 0 spiro atoms. The Hall–Kier alpha value is -1.58. The van der Waals surface area contributed by atoms with Gasteiger partial charge >= 0.3 is 0 Å². The van der Waals surface area contributed by atoms with Gasteiger partial charge in [-0.3, -0.25) is 0 Å². The Bertz CT molecular complexity index is 402. The first-order chi connectivity index (χ1) is 7.35. The second-order valence-corrected chi connectivity index (χ2v) is 3.50. The summed E-state index contributed by atoms with van der Waals surface area (Å²) in [5.41, 5.74) is 1.65. The van der Waals surface area contributed by atoms with Crippen LogP contribution in [0.15, 0.2) is 27.7 Å². The lowest BCUT2D eigenvalue weighted by atomic mass is 10.0. The zero-order valence-electron chi connectivity index (χ0n) is 8.93. The van der Waals surface area contributed by atoms with Gasteiger partial charge in [0.1, 0.15) is 18.2 Å². The van der Waals surface area contributed by atoms with Crippen molar-refractivity contribution < 1.29 is 8.94 Å². The average molecular weight is 206 g/mol. The molecule has 0 aliphatic heterocycles. The highest BCUT2D eigenvalue weighted by Gasteiger charge is 2.14. The molecule has 0 aromatic carbocycles. The van der Waals surface area contributed by atoms with Gasteiger partial charge in [0, 0.05) is 5.92 Å². The molecule has 0 amide bonds. The molecule has 0 aliphatic carbocycles. The standard InChI is InChI=1S/C11H14N2O2/c1-3-8(4-2)11-13-10(7-14-11)9-5-12-15-6-9/h5-8H,3-4H2,1-2H3. The first-order valence-electron chi connectivity index (χ1n) is 5.20. The minimum absolute atomic E-state index is 0.401.